The van der Waals surface area contributed by atoms with Crippen LogP contribution in [0.1, 0.15) is 37.8 Å². The quantitative estimate of drug-likeness (QED) is 0.562. The van der Waals surface area contributed by atoms with Crippen molar-refractivity contribution in [1.82, 2.24) is 9.88 Å². The molecule has 33 heavy (non-hydrogen) atoms. The number of alkyl halides is 3. The van der Waals surface area contributed by atoms with Crippen LogP contribution in [0, 0.1) is 5.92 Å². The molecule has 1 aromatic heterocycles. The van der Waals surface area contributed by atoms with Crippen molar-refractivity contribution in [3.05, 3.63) is 47.7 Å². The fourth-order valence-electron chi connectivity index (χ4n) is 4.01. The normalized spacial score (nSPS) is 14.8. The van der Waals surface area contributed by atoms with E-state index < -0.39 is 11.7 Å². The van der Waals surface area contributed by atoms with Gasteiger partial charge in [-0.05, 0) is 56.5 Å². The van der Waals surface area contributed by atoms with Crippen LogP contribution < -0.4 is 14.4 Å². The van der Waals surface area contributed by atoms with Crippen LogP contribution in [0.5, 0.6) is 11.5 Å². The second-order valence-corrected chi connectivity index (χ2v) is 7.93. The molecule has 0 saturated carbocycles. The van der Waals surface area contributed by atoms with Crippen molar-refractivity contribution in [2.75, 3.05) is 38.3 Å². The molecule has 1 aliphatic heterocycles. The van der Waals surface area contributed by atoms with Crippen LogP contribution in [-0.4, -0.2) is 49.1 Å². The van der Waals surface area contributed by atoms with Gasteiger partial charge in [0, 0.05) is 38.3 Å². The highest BCUT2D eigenvalue weighted by molar-refractivity contribution is 5.79. The number of halogens is 3. The van der Waals surface area contributed by atoms with Crippen LogP contribution in [0.25, 0.3) is 0 Å². The maximum absolute atomic E-state index is 13.2. The molecular formula is C24H30F3N3O3. The lowest BCUT2D eigenvalue weighted by Crippen LogP contribution is -2.42. The number of piperidine rings is 1. The maximum atomic E-state index is 13.2. The zero-order valence-electron chi connectivity index (χ0n) is 19.2. The highest BCUT2D eigenvalue weighted by atomic mass is 19.4. The number of benzene rings is 1. The van der Waals surface area contributed by atoms with Crippen molar-refractivity contribution in [3.63, 3.8) is 0 Å². The van der Waals surface area contributed by atoms with Crippen LogP contribution in [0.15, 0.2) is 36.5 Å². The number of rotatable bonds is 8. The molecule has 180 valence electrons. The highest BCUT2D eigenvalue weighted by Crippen LogP contribution is 2.31. The summed E-state index contributed by atoms with van der Waals surface area (Å²) in [5.41, 5.74) is 0.192. The second kappa shape index (κ2) is 10.8. The first kappa shape index (κ1) is 24.7. The van der Waals surface area contributed by atoms with Gasteiger partial charge in [0.15, 0.2) is 11.5 Å². The minimum atomic E-state index is -4.40. The molecule has 0 radical (unpaired) electrons. The molecule has 0 unspecified atom stereocenters. The van der Waals surface area contributed by atoms with E-state index in [9.17, 15) is 18.0 Å². The number of carbonyl (C=O) groups is 1. The van der Waals surface area contributed by atoms with E-state index in [1.165, 1.54) is 6.07 Å². The summed E-state index contributed by atoms with van der Waals surface area (Å²) < 4.78 is 49.2. The van der Waals surface area contributed by atoms with Gasteiger partial charge in [0.05, 0.1) is 19.3 Å². The number of amides is 1. The Kier molecular flexibility index (Phi) is 8.05. The minimum absolute atomic E-state index is 0.0883. The van der Waals surface area contributed by atoms with Gasteiger partial charge in [-0.25, -0.2) is 4.98 Å². The van der Waals surface area contributed by atoms with E-state index in [2.05, 4.69) is 4.98 Å². The van der Waals surface area contributed by atoms with Crippen molar-refractivity contribution < 1.29 is 27.4 Å². The van der Waals surface area contributed by atoms with Crippen molar-refractivity contribution in [2.45, 2.75) is 39.4 Å². The zero-order chi connectivity index (χ0) is 24.0. The molecule has 1 saturated heterocycles. The first-order valence-electron chi connectivity index (χ1n) is 11.1. The van der Waals surface area contributed by atoms with Crippen LogP contribution in [0.4, 0.5) is 19.0 Å². The van der Waals surface area contributed by atoms with Gasteiger partial charge in [0.1, 0.15) is 5.82 Å². The molecule has 3 rings (SSSR count). The van der Waals surface area contributed by atoms with E-state index in [0.29, 0.717) is 62.9 Å². The predicted molar refractivity (Wildman–Crippen MR) is 119 cm³/mol. The Morgan fingerprint density at radius 1 is 1.15 bits per heavy atom. The summed E-state index contributed by atoms with van der Waals surface area (Å²) in [6, 6.07) is 8.11. The Bertz CT molecular complexity index is 927. The Morgan fingerprint density at radius 3 is 2.42 bits per heavy atom. The molecule has 0 N–H and O–H groups in total. The summed E-state index contributed by atoms with van der Waals surface area (Å²) in [6.07, 6.45) is -2.28. The molecule has 0 aliphatic carbocycles. The molecule has 1 aromatic carbocycles. The van der Waals surface area contributed by atoms with E-state index in [1.807, 2.05) is 41.8 Å². The van der Waals surface area contributed by atoms with Crippen LogP contribution in [0.3, 0.4) is 0 Å². The molecule has 2 aromatic rings. The van der Waals surface area contributed by atoms with Crippen LogP contribution >= 0.6 is 0 Å². The van der Waals surface area contributed by atoms with Crippen molar-refractivity contribution >= 4 is 11.7 Å². The number of anilines is 1. The first-order chi connectivity index (χ1) is 15.8. The summed E-state index contributed by atoms with van der Waals surface area (Å²) in [7, 11) is 1.59. The van der Waals surface area contributed by atoms with Gasteiger partial charge in [0.2, 0.25) is 5.91 Å². The van der Waals surface area contributed by atoms with Gasteiger partial charge in [-0.2, -0.15) is 13.2 Å². The molecule has 9 heteroatoms. The lowest BCUT2D eigenvalue weighted by molar-refractivity contribution is -0.138. The van der Waals surface area contributed by atoms with E-state index in [-0.39, 0.29) is 11.8 Å². The topological polar surface area (TPSA) is 54.9 Å². The smallest absolute Gasteiger partial charge is 0.417 e. The molecule has 1 amide bonds. The first-order valence-corrected chi connectivity index (χ1v) is 11.1. The van der Waals surface area contributed by atoms with Crippen molar-refractivity contribution in [1.29, 1.82) is 0 Å². The molecule has 2 heterocycles. The summed E-state index contributed by atoms with van der Waals surface area (Å²) >= 11 is 0. The van der Waals surface area contributed by atoms with Crippen LogP contribution in [0.2, 0.25) is 0 Å². The highest BCUT2D eigenvalue weighted by Gasteiger charge is 2.32. The number of pyridine rings is 1. The third-order valence-electron chi connectivity index (χ3n) is 5.84. The van der Waals surface area contributed by atoms with Gasteiger partial charge in [0.25, 0.3) is 0 Å². The second-order valence-electron chi connectivity index (χ2n) is 7.93. The van der Waals surface area contributed by atoms with Crippen LogP contribution in [-0.2, 0) is 17.5 Å². The number of methoxy groups -OCH3 is 1. The van der Waals surface area contributed by atoms with E-state index in [4.69, 9.17) is 9.47 Å². The van der Waals surface area contributed by atoms with E-state index in [1.54, 1.807) is 7.11 Å². The number of aromatic nitrogens is 1. The Balaban J connectivity index is 1.59. The number of hydrogen-bond donors (Lipinski definition) is 0. The van der Waals surface area contributed by atoms with Gasteiger partial charge >= 0.3 is 6.18 Å². The molecule has 1 aliphatic rings. The number of carbonyl (C=O) groups excluding carboxylic acids is 1. The molecule has 0 bridgehead atoms. The average molecular weight is 466 g/mol. The third-order valence-corrected chi connectivity index (χ3v) is 5.84. The lowest BCUT2D eigenvalue weighted by atomic mass is 9.95. The SMILES string of the molecule is CCOc1ccc(CN(CC)C(=O)C2CCN(c3ccc(C(F)(F)F)cn3)CC2)cc1OC. The molecule has 0 spiro atoms. The Morgan fingerprint density at radius 2 is 1.88 bits per heavy atom. The van der Waals surface area contributed by atoms with Crippen molar-refractivity contribution in [2.24, 2.45) is 5.92 Å². The number of hydrogen-bond acceptors (Lipinski definition) is 5. The molecular weight excluding hydrogens is 435 g/mol. The minimum Gasteiger partial charge on any atom is -0.493 e. The maximum Gasteiger partial charge on any atom is 0.417 e. The third kappa shape index (κ3) is 6.09. The van der Waals surface area contributed by atoms with Crippen molar-refractivity contribution in [3.8, 4) is 11.5 Å². The Hall–Kier alpha value is -2.97. The number of nitrogens with zero attached hydrogens (tertiary/aromatic N) is 3. The van der Waals surface area contributed by atoms with Gasteiger partial charge < -0.3 is 19.3 Å². The van der Waals surface area contributed by atoms with E-state index in [0.717, 1.165) is 17.8 Å². The summed E-state index contributed by atoms with van der Waals surface area (Å²) in [4.78, 5) is 20.9. The predicted octanol–water partition coefficient (Wildman–Crippen LogP) is 4.77. The van der Waals surface area contributed by atoms with Gasteiger partial charge in [-0.3, -0.25) is 4.79 Å². The fourth-order valence-corrected chi connectivity index (χ4v) is 4.01. The van der Waals surface area contributed by atoms with Gasteiger partial charge in [-0.15, -0.1) is 0 Å². The average Bonchev–Trinajstić information content (AvgIpc) is 2.82. The zero-order valence-corrected chi connectivity index (χ0v) is 19.2. The fraction of sp³-hybridized carbons (Fsp3) is 0.500. The monoisotopic (exact) mass is 465 g/mol. The summed E-state index contributed by atoms with van der Waals surface area (Å²) in [5.74, 6) is 1.77. The molecule has 0 atom stereocenters. The summed E-state index contributed by atoms with van der Waals surface area (Å²) in [6.45, 7) is 6.59. The lowest BCUT2D eigenvalue weighted by Gasteiger charge is -2.34. The van der Waals surface area contributed by atoms with E-state index >= 15 is 0 Å². The van der Waals surface area contributed by atoms with Gasteiger partial charge in [-0.1, -0.05) is 6.07 Å². The molecule has 6 nitrogen and oxygen atoms in total. The number of ether oxygens (including phenoxy) is 2. The largest absolute Gasteiger partial charge is 0.493 e. The summed E-state index contributed by atoms with van der Waals surface area (Å²) in [5, 5.41) is 0. The Labute approximate surface area is 192 Å². The molecule has 1 fully saturated rings. The standard InChI is InChI=1S/C24H30F3N3O3/c1-4-29(16-17-6-8-20(33-5-2)21(14-17)32-3)23(31)18-10-12-30(13-11-18)22-9-7-19(15-28-22)24(25,26)27/h6-9,14-15,18H,4-5,10-13,16H2,1-3H3.